The van der Waals surface area contributed by atoms with Crippen molar-refractivity contribution in [1.29, 1.82) is 0 Å². The maximum atomic E-state index is 13.1. The summed E-state index contributed by atoms with van der Waals surface area (Å²) in [6.45, 7) is 7.71. The predicted molar refractivity (Wildman–Crippen MR) is 122 cm³/mol. The molecule has 0 bridgehead atoms. The third-order valence-corrected chi connectivity index (χ3v) is 5.97. The Balaban J connectivity index is 2.92. The molecule has 0 aromatic rings. The summed E-state index contributed by atoms with van der Waals surface area (Å²) < 4.78 is 0. The molecule has 0 saturated carbocycles. The first-order chi connectivity index (χ1) is 15.4. The Morgan fingerprint density at radius 1 is 1.12 bits per heavy atom. The van der Waals surface area contributed by atoms with Gasteiger partial charge in [-0.2, -0.15) is 0 Å². The lowest BCUT2D eigenvalue weighted by atomic mass is 9.96. The summed E-state index contributed by atoms with van der Waals surface area (Å²) in [5.41, 5.74) is 11.0. The topological polar surface area (TPSA) is 185 Å². The number of likely N-dealkylation sites (tertiary alicyclic amines) is 1. The number of amides is 4. The molecule has 188 valence electrons. The molecule has 1 heterocycles. The third-order valence-electron chi connectivity index (χ3n) is 5.97. The van der Waals surface area contributed by atoms with E-state index in [0.29, 0.717) is 25.8 Å². The number of hydrogen-bond acceptors (Lipinski definition) is 6. The van der Waals surface area contributed by atoms with Crippen LogP contribution in [0.2, 0.25) is 0 Å². The maximum absolute atomic E-state index is 13.1. The van der Waals surface area contributed by atoms with Gasteiger partial charge in [0, 0.05) is 13.0 Å². The Morgan fingerprint density at radius 2 is 1.76 bits per heavy atom. The largest absolute Gasteiger partial charge is 0.480 e. The quantitative estimate of drug-likeness (QED) is 0.245. The average Bonchev–Trinajstić information content (AvgIpc) is 3.23. The number of nitrogens with zero attached hydrogens (tertiary/aromatic N) is 1. The highest BCUT2D eigenvalue weighted by Gasteiger charge is 2.38. The zero-order valence-corrected chi connectivity index (χ0v) is 20.0. The second-order valence-corrected chi connectivity index (χ2v) is 9.20. The number of nitrogens with one attached hydrogen (secondary N) is 2. The summed E-state index contributed by atoms with van der Waals surface area (Å²) in [5.74, 6) is -3.40. The lowest BCUT2D eigenvalue weighted by Crippen LogP contribution is -2.58. The van der Waals surface area contributed by atoms with Gasteiger partial charge in [0.15, 0.2) is 0 Å². The van der Waals surface area contributed by atoms with Crippen LogP contribution in [-0.4, -0.2) is 70.3 Å². The van der Waals surface area contributed by atoms with Gasteiger partial charge in [0.1, 0.15) is 18.1 Å². The van der Waals surface area contributed by atoms with E-state index in [0.717, 1.165) is 0 Å². The molecule has 5 unspecified atom stereocenters. The number of hydrogen-bond donors (Lipinski definition) is 5. The Hall–Kier alpha value is -2.69. The van der Waals surface area contributed by atoms with Crippen LogP contribution in [0, 0.1) is 11.8 Å². The molecule has 4 amide bonds. The monoisotopic (exact) mass is 469 g/mol. The molecule has 11 heteroatoms. The molecule has 0 spiro atoms. The second-order valence-electron chi connectivity index (χ2n) is 9.20. The van der Waals surface area contributed by atoms with Crippen molar-refractivity contribution in [2.24, 2.45) is 23.3 Å². The fraction of sp³-hybridized carbons (Fsp3) is 0.773. The summed E-state index contributed by atoms with van der Waals surface area (Å²) in [5, 5.41) is 14.7. The number of carbonyl (C=O) groups is 5. The number of primary amides is 1. The van der Waals surface area contributed by atoms with E-state index in [1.54, 1.807) is 6.92 Å². The van der Waals surface area contributed by atoms with Crippen LogP contribution >= 0.6 is 0 Å². The summed E-state index contributed by atoms with van der Waals surface area (Å²) in [4.78, 5) is 62.6. The highest BCUT2D eigenvalue weighted by molar-refractivity contribution is 5.94. The van der Waals surface area contributed by atoms with Gasteiger partial charge in [-0.25, -0.2) is 4.79 Å². The number of rotatable bonds is 13. The molecule has 0 aromatic heterocycles. The molecular formula is C22H39N5O6. The van der Waals surface area contributed by atoms with E-state index < -0.39 is 53.8 Å². The first kappa shape index (κ1) is 28.3. The lowest BCUT2D eigenvalue weighted by Gasteiger charge is -2.30. The summed E-state index contributed by atoms with van der Waals surface area (Å²) >= 11 is 0. The van der Waals surface area contributed by atoms with Crippen LogP contribution in [0.5, 0.6) is 0 Å². The molecule has 11 nitrogen and oxygen atoms in total. The van der Waals surface area contributed by atoms with Crippen molar-refractivity contribution in [3.63, 3.8) is 0 Å². The van der Waals surface area contributed by atoms with Gasteiger partial charge in [-0.05, 0) is 37.5 Å². The van der Waals surface area contributed by atoms with Crippen LogP contribution in [0.4, 0.5) is 0 Å². The summed E-state index contributed by atoms with van der Waals surface area (Å²) in [6, 6.07) is -3.75. The Labute approximate surface area is 195 Å². The number of nitrogens with two attached hydrogens (primary N) is 2. The van der Waals surface area contributed by atoms with Gasteiger partial charge in [-0.1, -0.05) is 34.1 Å². The van der Waals surface area contributed by atoms with E-state index >= 15 is 0 Å². The standard InChI is InChI=1S/C22H39N5O6/c1-5-13(4)18(20(30)25-15(22(32)33)11-12(2)3)26-19(29)16-7-6-10-27(16)21(31)14(23)8-9-17(24)28/h12-16,18H,5-11,23H2,1-4H3,(H2,24,28)(H,25,30)(H,26,29)(H,32,33). The lowest BCUT2D eigenvalue weighted by molar-refractivity contribution is -0.144. The SMILES string of the molecule is CCC(C)C(NC(=O)C1CCCN1C(=O)C(N)CCC(N)=O)C(=O)NC(CC(C)C)C(=O)O. The van der Waals surface area contributed by atoms with Crippen molar-refractivity contribution in [3.8, 4) is 0 Å². The van der Waals surface area contributed by atoms with Gasteiger partial charge in [-0.15, -0.1) is 0 Å². The molecular weight excluding hydrogens is 430 g/mol. The van der Waals surface area contributed by atoms with Crippen LogP contribution in [0.25, 0.3) is 0 Å². The molecule has 33 heavy (non-hydrogen) atoms. The maximum Gasteiger partial charge on any atom is 0.326 e. The Bertz CT molecular complexity index is 728. The number of carboxylic acid groups (broad SMARTS) is 1. The number of carbonyl (C=O) groups excluding carboxylic acids is 4. The predicted octanol–water partition coefficient (Wildman–Crippen LogP) is -0.283. The van der Waals surface area contributed by atoms with E-state index in [2.05, 4.69) is 10.6 Å². The molecule has 1 aliphatic rings. The minimum absolute atomic E-state index is 0.0327. The van der Waals surface area contributed by atoms with Crippen molar-refractivity contribution >= 4 is 29.6 Å². The van der Waals surface area contributed by atoms with E-state index in [1.165, 1.54) is 4.90 Å². The molecule has 7 N–H and O–H groups in total. The molecule has 1 fully saturated rings. The van der Waals surface area contributed by atoms with E-state index in [4.69, 9.17) is 11.5 Å². The zero-order valence-electron chi connectivity index (χ0n) is 20.0. The molecule has 1 saturated heterocycles. The van der Waals surface area contributed by atoms with Gasteiger partial charge < -0.3 is 32.1 Å². The summed E-state index contributed by atoms with van der Waals surface area (Å²) in [7, 11) is 0. The van der Waals surface area contributed by atoms with Gasteiger partial charge in [0.25, 0.3) is 0 Å². The Morgan fingerprint density at radius 3 is 2.27 bits per heavy atom. The molecule has 1 aliphatic heterocycles. The fourth-order valence-corrected chi connectivity index (χ4v) is 3.84. The molecule has 5 atom stereocenters. The van der Waals surface area contributed by atoms with E-state index in [-0.39, 0.29) is 31.1 Å². The van der Waals surface area contributed by atoms with Crippen LogP contribution < -0.4 is 22.1 Å². The molecule has 0 radical (unpaired) electrons. The second kappa shape index (κ2) is 13.1. The zero-order chi connectivity index (χ0) is 25.3. The summed E-state index contributed by atoms with van der Waals surface area (Å²) in [6.07, 6.45) is 1.91. The smallest absolute Gasteiger partial charge is 0.326 e. The Kier molecular flexibility index (Phi) is 11.3. The first-order valence-corrected chi connectivity index (χ1v) is 11.6. The van der Waals surface area contributed by atoms with Gasteiger partial charge in [0.05, 0.1) is 6.04 Å². The fourth-order valence-electron chi connectivity index (χ4n) is 3.84. The first-order valence-electron chi connectivity index (χ1n) is 11.6. The van der Waals surface area contributed by atoms with E-state index in [9.17, 15) is 29.1 Å². The van der Waals surface area contributed by atoms with Crippen LogP contribution in [-0.2, 0) is 24.0 Å². The number of carboxylic acids is 1. The van der Waals surface area contributed by atoms with Crippen molar-refractivity contribution in [2.75, 3.05) is 6.54 Å². The highest BCUT2D eigenvalue weighted by Crippen LogP contribution is 2.20. The van der Waals surface area contributed by atoms with Crippen molar-refractivity contribution in [3.05, 3.63) is 0 Å². The van der Waals surface area contributed by atoms with Gasteiger partial charge >= 0.3 is 5.97 Å². The molecule has 0 aliphatic carbocycles. The van der Waals surface area contributed by atoms with E-state index in [1.807, 2.05) is 20.8 Å². The van der Waals surface area contributed by atoms with Gasteiger partial charge in [0.2, 0.25) is 23.6 Å². The van der Waals surface area contributed by atoms with Crippen LogP contribution in [0.1, 0.15) is 66.2 Å². The van der Waals surface area contributed by atoms with Crippen LogP contribution in [0.15, 0.2) is 0 Å². The minimum Gasteiger partial charge on any atom is -0.480 e. The third kappa shape index (κ3) is 8.64. The normalized spacial score (nSPS) is 19.5. The highest BCUT2D eigenvalue weighted by atomic mass is 16.4. The minimum atomic E-state index is -1.14. The molecule has 0 aromatic carbocycles. The molecule has 1 rings (SSSR count). The van der Waals surface area contributed by atoms with Crippen molar-refractivity contribution in [1.82, 2.24) is 15.5 Å². The van der Waals surface area contributed by atoms with Gasteiger partial charge in [-0.3, -0.25) is 19.2 Å². The van der Waals surface area contributed by atoms with Crippen molar-refractivity contribution in [2.45, 2.75) is 90.4 Å². The van der Waals surface area contributed by atoms with Crippen molar-refractivity contribution < 1.29 is 29.1 Å². The number of aliphatic carboxylic acids is 1. The average molecular weight is 470 g/mol. The van der Waals surface area contributed by atoms with Crippen LogP contribution in [0.3, 0.4) is 0 Å².